The van der Waals surface area contributed by atoms with Crippen LogP contribution in [0.25, 0.3) is 10.9 Å². The molecule has 0 bridgehead atoms. The fourth-order valence-electron chi connectivity index (χ4n) is 3.94. The van der Waals surface area contributed by atoms with Crippen LogP contribution in [0.1, 0.15) is 26.2 Å². The van der Waals surface area contributed by atoms with E-state index in [1.165, 1.54) is 6.20 Å². The van der Waals surface area contributed by atoms with Gasteiger partial charge in [-0.1, -0.05) is 11.6 Å². The minimum absolute atomic E-state index is 0.214. The topological polar surface area (TPSA) is 59.5 Å². The van der Waals surface area contributed by atoms with E-state index in [1.807, 2.05) is 12.1 Å². The van der Waals surface area contributed by atoms with Crippen molar-refractivity contribution in [1.82, 2.24) is 4.98 Å². The van der Waals surface area contributed by atoms with Crippen molar-refractivity contribution in [2.75, 3.05) is 18.6 Å². The van der Waals surface area contributed by atoms with Crippen LogP contribution in [0.5, 0.6) is 5.75 Å². The second-order valence-electron chi connectivity index (χ2n) is 7.35. The molecule has 4 rings (SSSR count). The summed E-state index contributed by atoms with van der Waals surface area (Å²) in [4.78, 5) is 7.06. The van der Waals surface area contributed by atoms with E-state index in [9.17, 15) is 8.42 Å². The average Bonchev–Trinajstić information content (AvgIpc) is 2.73. The lowest BCUT2D eigenvalue weighted by Gasteiger charge is -2.37. The Morgan fingerprint density at radius 3 is 2.59 bits per heavy atom. The molecule has 1 saturated heterocycles. The first kappa shape index (κ1) is 20.0. The van der Waals surface area contributed by atoms with Gasteiger partial charge in [0.2, 0.25) is 9.84 Å². The number of halogens is 1. The first-order chi connectivity index (χ1) is 13.9. The molecule has 29 heavy (non-hydrogen) atoms. The van der Waals surface area contributed by atoms with Crippen molar-refractivity contribution in [1.29, 1.82) is 0 Å². The molecule has 2 aromatic carbocycles. The first-order valence-corrected chi connectivity index (χ1v) is 11.5. The van der Waals surface area contributed by atoms with Crippen LogP contribution in [0.2, 0.25) is 5.02 Å². The third-order valence-corrected chi connectivity index (χ3v) is 7.52. The molecule has 7 heteroatoms. The molecule has 0 N–H and O–H groups in total. The fourth-order valence-corrected chi connectivity index (χ4v) is 5.53. The summed E-state index contributed by atoms with van der Waals surface area (Å²) in [5.74, 6) is 0.609. The van der Waals surface area contributed by atoms with Gasteiger partial charge < -0.3 is 9.64 Å². The highest BCUT2D eigenvalue weighted by Crippen LogP contribution is 2.39. The van der Waals surface area contributed by atoms with Crippen LogP contribution in [0.15, 0.2) is 58.5 Å². The van der Waals surface area contributed by atoms with Gasteiger partial charge in [0.1, 0.15) is 10.6 Å². The van der Waals surface area contributed by atoms with Crippen LogP contribution in [0, 0.1) is 0 Å². The number of pyridine rings is 1. The van der Waals surface area contributed by atoms with Gasteiger partial charge in [-0.2, -0.15) is 0 Å². The number of fused-ring (bicyclic) bond motifs is 1. The zero-order valence-electron chi connectivity index (χ0n) is 16.4. The third-order valence-electron chi connectivity index (χ3n) is 5.52. The maximum absolute atomic E-state index is 13.6. The first-order valence-electron chi connectivity index (χ1n) is 9.66. The van der Waals surface area contributed by atoms with Crippen molar-refractivity contribution in [3.05, 3.63) is 53.7 Å². The maximum atomic E-state index is 13.6. The molecule has 3 aromatic rings. The Labute approximate surface area is 176 Å². The van der Waals surface area contributed by atoms with Gasteiger partial charge in [0, 0.05) is 29.2 Å². The largest absolute Gasteiger partial charge is 0.497 e. The van der Waals surface area contributed by atoms with Gasteiger partial charge in [0.25, 0.3) is 0 Å². The number of rotatable bonds is 4. The third kappa shape index (κ3) is 3.67. The predicted molar refractivity (Wildman–Crippen MR) is 116 cm³/mol. The summed E-state index contributed by atoms with van der Waals surface area (Å²) in [6.45, 7) is 2.94. The SMILES string of the molecule is COc1ccc(S(=O)(=O)c2cnc3ccc(Cl)cc3c2N2CCCC[C@@H]2C)cc1. The summed E-state index contributed by atoms with van der Waals surface area (Å²) in [5, 5.41) is 1.32. The molecule has 5 nitrogen and oxygen atoms in total. The van der Waals surface area contributed by atoms with Gasteiger partial charge in [-0.05, 0) is 68.7 Å². The second kappa shape index (κ2) is 7.84. The maximum Gasteiger partial charge on any atom is 0.210 e. The molecule has 0 aliphatic carbocycles. The number of aromatic nitrogens is 1. The van der Waals surface area contributed by atoms with Crippen LogP contribution in [0.3, 0.4) is 0 Å². The van der Waals surface area contributed by atoms with Crippen LogP contribution in [-0.2, 0) is 9.84 Å². The van der Waals surface area contributed by atoms with E-state index < -0.39 is 9.84 Å². The Kier molecular flexibility index (Phi) is 5.40. The molecule has 2 heterocycles. The number of methoxy groups -OCH3 is 1. The number of nitrogens with zero attached hydrogens (tertiary/aromatic N) is 2. The molecule has 152 valence electrons. The van der Waals surface area contributed by atoms with Crippen molar-refractivity contribution in [2.24, 2.45) is 0 Å². The van der Waals surface area contributed by atoms with Gasteiger partial charge in [-0.15, -0.1) is 0 Å². The number of hydrogen-bond acceptors (Lipinski definition) is 5. The average molecular weight is 431 g/mol. The summed E-state index contributed by atoms with van der Waals surface area (Å²) >= 11 is 6.27. The Balaban J connectivity index is 1.96. The van der Waals surface area contributed by atoms with E-state index in [4.69, 9.17) is 16.3 Å². The molecule has 0 amide bonds. The fraction of sp³-hybridized carbons (Fsp3) is 0.318. The van der Waals surface area contributed by atoms with Crippen LogP contribution < -0.4 is 9.64 Å². The Hall–Kier alpha value is -2.31. The lowest BCUT2D eigenvalue weighted by molar-refractivity contribution is 0.414. The van der Waals surface area contributed by atoms with Gasteiger partial charge >= 0.3 is 0 Å². The number of ether oxygens (including phenoxy) is 1. The summed E-state index contributed by atoms with van der Waals surface area (Å²) in [5.41, 5.74) is 1.43. The van der Waals surface area contributed by atoms with Crippen LogP contribution >= 0.6 is 11.6 Å². The van der Waals surface area contributed by atoms with E-state index >= 15 is 0 Å². The molecular weight excluding hydrogens is 408 g/mol. The molecule has 1 fully saturated rings. The molecule has 0 spiro atoms. The summed E-state index contributed by atoms with van der Waals surface area (Å²) < 4.78 is 32.3. The number of hydrogen-bond donors (Lipinski definition) is 0. The number of anilines is 1. The molecule has 1 aliphatic heterocycles. The lowest BCUT2D eigenvalue weighted by atomic mass is 10.0. The van der Waals surface area contributed by atoms with Gasteiger partial charge in [-0.3, -0.25) is 4.98 Å². The van der Waals surface area contributed by atoms with Crippen molar-refractivity contribution < 1.29 is 13.2 Å². The molecular formula is C22H23ClN2O3S. The van der Waals surface area contributed by atoms with Crippen molar-refractivity contribution in [2.45, 2.75) is 42.0 Å². The summed E-state index contributed by atoms with van der Waals surface area (Å²) in [6, 6.07) is 12.1. The highest BCUT2D eigenvalue weighted by molar-refractivity contribution is 7.91. The normalized spacial score (nSPS) is 17.5. The van der Waals surface area contributed by atoms with Crippen LogP contribution in [-0.4, -0.2) is 33.1 Å². The van der Waals surface area contributed by atoms with Gasteiger partial charge in [0.15, 0.2) is 0 Å². The second-order valence-corrected chi connectivity index (χ2v) is 9.70. The number of piperidine rings is 1. The zero-order chi connectivity index (χ0) is 20.6. The predicted octanol–water partition coefficient (Wildman–Crippen LogP) is 5.11. The van der Waals surface area contributed by atoms with Crippen molar-refractivity contribution >= 4 is 38.0 Å². The van der Waals surface area contributed by atoms with Crippen molar-refractivity contribution in [3.63, 3.8) is 0 Å². The van der Waals surface area contributed by atoms with E-state index in [-0.39, 0.29) is 15.8 Å². The minimum Gasteiger partial charge on any atom is -0.497 e. The zero-order valence-corrected chi connectivity index (χ0v) is 18.0. The Bertz CT molecular complexity index is 1150. The molecule has 0 saturated carbocycles. The Morgan fingerprint density at radius 2 is 1.90 bits per heavy atom. The van der Waals surface area contributed by atoms with Crippen molar-refractivity contribution in [3.8, 4) is 5.75 Å². The molecule has 1 aromatic heterocycles. The monoisotopic (exact) mass is 430 g/mol. The highest BCUT2D eigenvalue weighted by atomic mass is 35.5. The van der Waals surface area contributed by atoms with E-state index in [0.29, 0.717) is 16.5 Å². The lowest BCUT2D eigenvalue weighted by Crippen LogP contribution is -2.38. The molecule has 1 atom stereocenters. The van der Waals surface area contributed by atoms with E-state index in [0.717, 1.165) is 36.7 Å². The van der Waals surface area contributed by atoms with Gasteiger partial charge in [0.05, 0.1) is 23.2 Å². The number of sulfone groups is 1. The molecule has 0 radical (unpaired) electrons. The van der Waals surface area contributed by atoms with Crippen LogP contribution in [0.4, 0.5) is 5.69 Å². The van der Waals surface area contributed by atoms with E-state index in [2.05, 4.69) is 16.8 Å². The summed E-state index contributed by atoms with van der Waals surface area (Å²) in [6.07, 6.45) is 4.66. The smallest absolute Gasteiger partial charge is 0.210 e. The Morgan fingerprint density at radius 1 is 1.14 bits per heavy atom. The molecule has 0 unspecified atom stereocenters. The standard InChI is InChI=1S/C22H23ClN2O3S/c1-15-5-3-4-12-25(15)22-19-13-16(23)6-11-20(19)24-14-21(22)29(26,27)18-9-7-17(28-2)8-10-18/h6-11,13-15H,3-5,12H2,1-2H3/t15-/m0/s1. The quantitative estimate of drug-likeness (QED) is 0.575. The van der Waals surface area contributed by atoms with Gasteiger partial charge in [-0.25, -0.2) is 8.42 Å². The highest BCUT2D eigenvalue weighted by Gasteiger charge is 2.30. The van der Waals surface area contributed by atoms with E-state index in [1.54, 1.807) is 37.4 Å². The minimum atomic E-state index is -3.77. The molecule has 1 aliphatic rings. The number of benzene rings is 2. The summed E-state index contributed by atoms with van der Waals surface area (Å²) in [7, 11) is -2.22.